The van der Waals surface area contributed by atoms with Crippen molar-refractivity contribution in [2.75, 3.05) is 7.11 Å². The third-order valence-electron chi connectivity index (χ3n) is 4.41. The van der Waals surface area contributed by atoms with Crippen LogP contribution in [0.15, 0.2) is 60.7 Å². The molecule has 1 N–H and O–H groups in total. The van der Waals surface area contributed by atoms with Crippen LogP contribution in [0.1, 0.15) is 31.8 Å². The standard InChI is InChI=1S/C21H14O4/c1-25-18-9-5-4-6-13(18)16-10-12(22)11-17-19(16)21(24)15-8-3-2-7-14(15)20(17)23/h2-11,22H,1H3. The molecule has 0 amide bonds. The molecule has 4 heteroatoms. The molecule has 0 bridgehead atoms. The molecule has 0 atom stereocenters. The summed E-state index contributed by atoms with van der Waals surface area (Å²) < 4.78 is 5.38. The zero-order valence-corrected chi connectivity index (χ0v) is 13.4. The molecular formula is C21H14O4. The molecule has 3 aromatic rings. The Balaban J connectivity index is 2.06. The quantitative estimate of drug-likeness (QED) is 0.606. The van der Waals surface area contributed by atoms with E-state index >= 15 is 0 Å². The largest absolute Gasteiger partial charge is 0.508 e. The summed E-state index contributed by atoms with van der Waals surface area (Å²) in [6, 6.07) is 16.8. The van der Waals surface area contributed by atoms with Gasteiger partial charge in [-0.25, -0.2) is 0 Å². The molecule has 1 aliphatic rings. The lowest BCUT2D eigenvalue weighted by molar-refractivity contribution is 0.0979. The minimum absolute atomic E-state index is 0.0693. The van der Waals surface area contributed by atoms with E-state index in [4.69, 9.17) is 4.74 Å². The molecule has 3 aromatic carbocycles. The van der Waals surface area contributed by atoms with Gasteiger partial charge >= 0.3 is 0 Å². The fourth-order valence-electron chi connectivity index (χ4n) is 3.29. The number of aromatic hydroxyl groups is 1. The Bertz CT molecular complexity index is 1030. The predicted molar refractivity (Wildman–Crippen MR) is 93.4 cm³/mol. The van der Waals surface area contributed by atoms with Crippen LogP contribution < -0.4 is 4.74 Å². The van der Waals surface area contributed by atoms with Crippen molar-refractivity contribution in [3.05, 3.63) is 82.9 Å². The number of ketones is 2. The van der Waals surface area contributed by atoms with Crippen LogP contribution in [0, 0.1) is 0 Å². The minimum Gasteiger partial charge on any atom is -0.508 e. The first-order chi connectivity index (χ1) is 12.1. The van der Waals surface area contributed by atoms with Crippen LogP contribution in [0.3, 0.4) is 0 Å². The van der Waals surface area contributed by atoms with E-state index in [0.29, 0.717) is 33.6 Å². The maximum atomic E-state index is 13.1. The van der Waals surface area contributed by atoms with Gasteiger partial charge in [0.15, 0.2) is 11.6 Å². The first kappa shape index (κ1) is 15.1. The summed E-state index contributed by atoms with van der Waals surface area (Å²) in [7, 11) is 1.54. The van der Waals surface area contributed by atoms with Gasteiger partial charge in [-0.1, -0.05) is 42.5 Å². The van der Waals surface area contributed by atoms with Gasteiger partial charge in [-0.15, -0.1) is 0 Å². The number of phenols is 1. The van der Waals surface area contributed by atoms with Crippen molar-refractivity contribution in [3.63, 3.8) is 0 Å². The number of hydrogen-bond acceptors (Lipinski definition) is 4. The number of hydrogen-bond donors (Lipinski definition) is 1. The Labute approximate surface area is 144 Å². The number of para-hydroxylation sites is 1. The Hall–Kier alpha value is -3.40. The lowest BCUT2D eigenvalue weighted by atomic mass is 9.80. The number of fused-ring (bicyclic) bond motifs is 2. The van der Waals surface area contributed by atoms with Crippen molar-refractivity contribution in [1.82, 2.24) is 0 Å². The van der Waals surface area contributed by atoms with Crippen molar-refractivity contribution >= 4 is 11.6 Å². The van der Waals surface area contributed by atoms with Crippen molar-refractivity contribution in [2.45, 2.75) is 0 Å². The number of methoxy groups -OCH3 is 1. The molecular weight excluding hydrogens is 316 g/mol. The molecule has 0 aliphatic heterocycles. The average Bonchev–Trinajstić information content (AvgIpc) is 2.65. The lowest BCUT2D eigenvalue weighted by Crippen LogP contribution is -2.21. The number of carbonyl (C=O) groups is 2. The van der Waals surface area contributed by atoms with Gasteiger partial charge in [-0.05, 0) is 18.2 Å². The first-order valence-electron chi connectivity index (χ1n) is 7.80. The van der Waals surface area contributed by atoms with Crippen molar-refractivity contribution in [1.29, 1.82) is 0 Å². The Morgan fingerprint density at radius 1 is 0.720 bits per heavy atom. The van der Waals surface area contributed by atoms with Gasteiger partial charge < -0.3 is 9.84 Å². The van der Waals surface area contributed by atoms with E-state index in [-0.39, 0.29) is 22.9 Å². The van der Waals surface area contributed by atoms with E-state index in [9.17, 15) is 14.7 Å². The third-order valence-corrected chi connectivity index (χ3v) is 4.41. The third kappa shape index (κ3) is 2.22. The maximum absolute atomic E-state index is 13.1. The van der Waals surface area contributed by atoms with Gasteiger partial charge in [-0.2, -0.15) is 0 Å². The molecule has 0 saturated carbocycles. The SMILES string of the molecule is COc1ccccc1-c1cc(O)cc2c1C(=O)c1ccccc1C2=O. The molecule has 0 unspecified atom stereocenters. The maximum Gasteiger partial charge on any atom is 0.195 e. The summed E-state index contributed by atoms with van der Waals surface area (Å²) in [4.78, 5) is 25.9. The molecule has 0 saturated heterocycles. The molecule has 25 heavy (non-hydrogen) atoms. The lowest BCUT2D eigenvalue weighted by Gasteiger charge is -2.21. The summed E-state index contributed by atoms with van der Waals surface area (Å²) in [5.74, 6) is -0.00190. The number of benzene rings is 3. The van der Waals surface area contributed by atoms with Gasteiger partial charge in [0.2, 0.25) is 0 Å². The summed E-state index contributed by atoms with van der Waals surface area (Å²) >= 11 is 0. The van der Waals surface area contributed by atoms with E-state index in [1.807, 2.05) is 12.1 Å². The Kier molecular flexibility index (Phi) is 3.39. The predicted octanol–water partition coefficient (Wildman–Crippen LogP) is 3.84. The number of carbonyl (C=O) groups excluding carboxylic acids is 2. The van der Waals surface area contributed by atoms with Gasteiger partial charge in [0.25, 0.3) is 0 Å². The van der Waals surface area contributed by atoms with Crippen LogP contribution in [0.2, 0.25) is 0 Å². The van der Waals surface area contributed by atoms with Crippen LogP contribution in [-0.4, -0.2) is 23.8 Å². The van der Waals surface area contributed by atoms with Gasteiger partial charge in [0, 0.05) is 33.4 Å². The normalized spacial score (nSPS) is 12.5. The van der Waals surface area contributed by atoms with Crippen molar-refractivity contribution in [3.8, 4) is 22.6 Å². The van der Waals surface area contributed by atoms with Gasteiger partial charge in [-0.3, -0.25) is 9.59 Å². The highest BCUT2D eigenvalue weighted by atomic mass is 16.5. The van der Waals surface area contributed by atoms with E-state index in [1.54, 1.807) is 36.4 Å². The highest BCUT2D eigenvalue weighted by molar-refractivity contribution is 6.30. The van der Waals surface area contributed by atoms with Crippen LogP contribution in [0.5, 0.6) is 11.5 Å². The smallest absolute Gasteiger partial charge is 0.195 e. The zero-order chi connectivity index (χ0) is 17.6. The molecule has 0 spiro atoms. The van der Waals surface area contributed by atoms with Gasteiger partial charge in [0.1, 0.15) is 11.5 Å². The first-order valence-corrected chi connectivity index (χ1v) is 7.80. The summed E-state index contributed by atoms with van der Waals surface area (Å²) in [6.45, 7) is 0. The summed E-state index contributed by atoms with van der Waals surface area (Å²) in [5.41, 5.74) is 2.38. The second kappa shape index (κ2) is 5.60. The van der Waals surface area contributed by atoms with Gasteiger partial charge in [0.05, 0.1) is 7.11 Å². The average molecular weight is 330 g/mol. The number of ether oxygens (including phenoxy) is 1. The fraction of sp³-hybridized carbons (Fsp3) is 0.0476. The van der Waals surface area contributed by atoms with Crippen molar-refractivity contribution < 1.29 is 19.4 Å². The van der Waals surface area contributed by atoms with E-state index < -0.39 is 0 Å². The molecule has 4 rings (SSSR count). The molecule has 122 valence electrons. The second-order valence-electron chi connectivity index (χ2n) is 5.82. The fourth-order valence-corrected chi connectivity index (χ4v) is 3.29. The summed E-state index contributed by atoms with van der Waals surface area (Å²) in [5, 5.41) is 10.1. The van der Waals surface area contributed by atoms with Crippen LogP contribution in [0.25, 0.3) is 11.1 Å². The minimum atomic E-state index is -0.266. The van der Waals surface area contributed by atoms with Crippen molar-refractivity contribution in [2.24, 2.45) is 0 Å². The molecule has 0 radical (unpaired) electrons. The van der Waals surface area contributed by atoms with E-state index in [1.165, 1.54) is 19.2 Å². The number of phenolic OH excluding ortho intramolecular Hbond substituents is 1. The molecule has 0 heterocycles. The van der Waals surface area contributed by atoms with Crippen LogP contribution in [-0.2, 0) is 0 Å². The second-order valence-corrected chi connectivity index (χ2v) is 5.82. The highest BCUT2D eigenvalue weighted by Crippen LogP contribution is 2.40. The highest BCUT2D eigenvalue weighted by Gasteiger charge is 2.32. The number of rotatable bonds is 2. The Morgan fingerprint density at radius 2 is 1.28 bits per heavy atom. The molecule has 0 aromatic heterocycles. The molecule has 0 fully saturated rings. The Morgan fingerprint density at radius 3 is 1.96 bits per heavy atom. The monoisotopic (exact) mass is 330 g/mol. The van der Waals surface area contributed by atoms with E-state index in [0.717, 1.165) is 0 Å². The van der Waals surface area contributed by atoms with Crippen LogP contribution >= 0.6 is 0 Å². The molecule has 4 nitrogen and oxygen atoms in total. The molecule has 1 aliphatic carbocycles. The van der Waals surface area contributed by atoms with E-state index in [2.05, 4.69) is 0 Å². The topological polar surface area (TPSA) is 63.6 Å². The van der Waals surface area contributed by atoms with Crippen LogP contribution in [0.4, 0.5) is 0 Å². The summed E-state index contributed by atoms with van der Waals surface area (Å²) in [6.07, 6.45) is 0. The zero-order valence-electron chi connectivity index (χ0n) is 13.4.